The smallest absolute Gasteiger partial charge is 0.338 e. The molecule has 0 fully saturated rings. The minimum absolute atomic E-state index is 0.161. The van der Waals surface area contributed by atoms with Crippen molar-refractivity contribution in [3.05, 3.63) is 35.4 Å². The first-order chi connectivity index (χ1) is 10.1. The van der Waals surface area contributed by atoms with Gasteiger partial charge in [0.2, 0.25) is 0 Å². The van der Waals surface area contributed by atoms with Gasteiger partial charge in [-0.2, -0.15) is 0 Å². The van der Waals surface area contributed by atoms with Crippen LogP contribution >= 0.6 is 0 Å². The number of methoxy groups -OCH3 is 1. The monoisotopic (exact) mass is 292 g/mol. The number of carbonyl (C=O) groups is 1. The van der Waals surface area contributed by atoms with Crippen LogP contribution < -0.4 is 0 Å². The van der Waals surface area contributed by atoms with Gasteiger partial charge in [-0.3, -0.25) is 0 Å². The Hall–Kier alpha value is -1.35. The predicted octanol–water partition coefficient (Wildman–Crippen LogP) is 4.25. The Balaban J connectivity index is 2.62. The van der Waals surface area contributed by atoms with Crippen molar-refractivity contribution in [3.8, 4) is 0 Å². The number of carbonyl (C=O) groups excluding carboxylic acids is 1. The van der Waals surface area contributed by atoms with E-state index in [-0.39, 0.29) is 12.1 Å². The fraction of sp³-hybridized carbons (Fsp3) is 0.611. The summed E-state index contributed by atoms with van der Waals surface area (Å²) in [4.78, 5) is 12.3. The number of aryl methyl sites for hydroxylation is 1. The molecule has 3 heteroatoms. The normalized spacial score (nSPS) is 12.4. The molecule has 0 heterocycles. The highest BCUT2D eigenvalue weighted by Crippen LogP contribution is 2.15. The van der Waals surface area contributed by atoms with E-state index in [0.29, 0.717) is 18.1 Å². The molecule has 1 unspecified atom stereocenters. The molecule has 21 heavy (non-hydrogen) atoms. The zero-order valence-electron chi connectivity index (χ0n) is 13.7. The van der Waals surface area contributed by atoms with Crippen molar-refractivity contribution in [1.82, 2.24) is 0 Å². The molecule has 0 amide bonds. The number of rotatable bonds is 9. The van der Waals surface area contributed by atoms with Gasteiger partial charge in [0, 0.05) is 7.11 Å². The Labute approximate surface area is 128 Å². The number of hydrogen-bond donors (Lipinski definition) is 0. The number of benzene rings is 1. The minimum Gasteiger partial charge on any atom is -0.456 e. The lowest BCUT2D eigenvalue weighted by atomic mass is 10.0. The molecule has 0 radical (unpaired) electrons. The highest BCUT2D eigenvalue weighted by Gasteiger charge is 2.17. The molecule has 0 saturated carbocycles. The summed E-state index contributed by atoms with van der Waals surface area (Å²) < 4.78 is 10.8. The molecule has 0 saturated heterocycles. The first kappa shape index (κ1) is 17.7. The van der Waals surface area contributed by atoms with Gasteiger partial charge in [-0.15, -0.1) is 0 Å². The van der Waals surface area contributed by atoms with Crippen LogP contribution in [0.2, 0.25) is 0 Å². The van der Waals surface area contributed by atoms with E-state index in [4.69, 9.17) is 9.47 Å². The SMILES string of the molecule is CCc1ccccc1C(=O)OC(CCCC(C)C)COC. The molecule has 0 aliphatic rings. The van der Waals surface area contributed by atoms with Crippen LogP contribution in [-0.2, 0) is 15.9 Å². The summed E-state index contributed by atoms with van der Waals surface area (Å²) in [7, 11) is 1.64. The van der Waals surface area contributed by atoms with Gasteiger partial charge in [0.15, 0.2) is 0 Å². The van der Waals surface area contributed by atoms with Crippen LogP contribution in [0.4, 0.5) is 0 Å². The maximum atomic E-state index is 12.3. The number of hydrogen-bond acceptors (Lipinski definition) is 3. The van der Waals surface area contributed by atoms with Gasteiger partial charge < -0.3 is 9.47 Å². The summed E-state index contributed by atoms with van der Waals surface area (Å²) >= 11 is 0. The summed E-state index contributed by atoms with van der Waals surface area (Å²) in [6, 6.07) is 7.63. The lowest BCUT2D eigenvalue weighted by Crippen LogP contribution is -2.24. The second-order valence-corrected chi connectivity index (χ2v) is 5.82. The van der Waals surface area contributed by atoms with E-state index in [1.54, 1.807) is 7.11 Å². The van der Waals surface area contributed by atoms with E-state index in [0.717, 1.165) is 31.2 Å². The quantitative estimate of drug-likeness (QED) is 0.638. The Bertz CT molecular complexity index is 426. The van der Waals surface area contributed by atoms with Gasteiger partial charge in [0.25, 0.3) is 0 Å². The Morgan fingerprint density at radius 1 is 1.19 bits per heavy atom. The first-order valence-electron chi connectivity index (χ1n) is 7.86. The number of esters is 1. The third-order valence-corrected chi connectivity index (χ3v) is 3.55. The summed E-state index contributed by atoms with van der Waals surface area (Å²) in [5, 5.41) is 0. The van der Waals surface area contributed by atoms with E-state index in [1.165, 1.54) is 0 Å². The van der Waals surface area contributed by atoms with Crippen LogP contribution in [0.3, 0.4) is 0 Å². The van der Waals surface area contributed by atoms with Crippen molar-refractivity contribution in [3.63, 3.8) is 0 Å². The van der Waals surface area contributed by atoms with Crippen LogP contribution in [0.1, 0.15) is 56.0 Å². The molecular weight excluding hydrogens is 264 g/mol. The lowest BCUT2D eigenvalue weighted by Gasteiger charge is -2.18. The largest absolute Gasteiger partial charge is 0.456 e. The van der Waals surface area contributed by atoms with Gasteiger partial charge in [-0.1, -0.05) is 45.4 Å². The molecule has 0 aliphatic heterocycles. The van der Waals surface area contributed by atoms with Gasteiger partial charge in [0.05, 0.1) is 12.2 Å². The van der Waals surface area contributed by atoms with Gasteiger partial charge in [-0.05, 0) is 36.8 Å². The van der Waals surface area contributed by atoms with Crippen molar-refractivity contribution in [1.29, 1.82) is 0 Å². The Morgan fingerprint density at radius 2 is 1.90 bits per heavy atom. The average Bonchev–Trinajstić information content (AvgIpc) is 2.46. The fourth-order valence-corrected chi connectivity index (χ4v) is 2.36. The van der Waals surface area contributed by atoms with Gasteiger partial charge in [-0.25, -0.2) is 4.79 Å². The third kappa shape index (κ3) is 6.30. The molecule has 0 spiro atoms. The summed E-state index contributed by atoms with van der Waals surface area (Å²) in [6.45, 7) is 6.91. The molecule has 0 N–H and O–H groups in total. The maximum absolute atomic E-state index is 12.3. The fourth-order valence-electron chi connectivity index (χ4n) is 2.36. The molecule has 0 aliphatic carbocycles. The molecule has 3 nitrogen and oxygen atoms in total. The minimum atomic E-state index is -0.237. The summed E-state index contributed by atoms with van der Waals surface area (Å²) in [6.07, 6.45) is 3.71. The molecule has 0 aromatic heterocycles. The van der Waals surface area contributed by atoms with Crippen molar-refractivity contribution in [2.45, 2.75) is 52.6 Å². The average molecular weight is 292 g/mol. The van der Waals surface area contributed by atoms with E-state index < -0.39 is 0 Å². The van der Waals surface area contributed by atoms with Crippen LogP contribution in [-0.4, -0.2) is 25.8 Å². The topological polar surface area (TPSA) is 35.5 Å². The highest BCUT2D eigenvalue weighted by molar-refractivity contribution is 5.91. The van der Waals surface area contributed by atoms with Crippen molar-refractivity contribution < 1.29 is 14.3 Å². The van der Waals surface area contributed by atoms with E-state index in [9.17, 15) is 4.79 Å². The Kier molecular flexibility index (Phi) is 8.06. The van der Waals surface area contributed by atoms with E-state index in [1.807, 2.05) is 31.2 Å². The second kappa shape index (κ2) is 9.56. The van der Waals surface area contributed by atoms with Crippen LogP contribution in [0.15, 0.2) is 24.3 Å². The molecule has 1 rings (SSSR count). The van der Waals surface area contributed by atoms with Crippen molar-refractivity contribution in [2.75, 3.05) is 13.7 Å². The van der Waals surface area contributed by atoms with Crippen LogP contribution in [0.5, 0.6) is 0 Å². The molecular formula is C18H28O3. The number of ether oxygens (including phenoxy) is 2. The highest BCUT2D eigenvalue weighted by atomic mass is 16.6. The van der Waals surface area contributed by atoms with Crippen molar-refractivity contribution >= 4 is 5.97 Å². The van der Waals surface area contributed by atoms with Crippen molar-refractivity contribution in [2.24, 2.45) is 5.92 Å². The summed E-state index contributed by atoms with van der Waals surface area (Å²) in [5.74, 6) is 0.434. The molecule has 1 aromatic carbocycles. The molecule has 118 valence electrons. The standard InChI is InChI=1S/C18H28O3/c1-5-15-10-6-7-12-17(15)18(19)21-16(13-20-4)11-8-9-14(2)3/h6-7,10,12,14,16H,5,8-9,11,13H2,1-4H3. The first-order valence-corrected chi connectivity index (χ1v) is 7.86. The van der Waals surface area contributed by atoms with Crippen LogP contribution in [0.25, 0.3) is 0 Å². The van der Waals surface area contributed by atoms with Crippen LogP contribution in [0, 0.1) is 5.92 Å². The van der Waals surface area contributed by atoms with Gasteiger partial charge >= 0.3 is 5.97 Å². The molecule has 0 bridgehead atoms. The van der Waals surface area contributed by atoms with E-state index in [2.05, 4.69) is 13.8 Å². The zero-order chi connectivity index (χ0) is 15.7. The maximum Gasteiger partial charge on any atom is 0.338 e. The Morgan fingerprint density at radius 3 is 2.52 bits per heavy atom. The second-order valence-electron chi connectivity index (χ2n) is 5.82. The van der Waals surface area contributed by atoms with E-state index >= 15 is 0 Å². The third-order valence-electron chi connectivity index (χ3n) is 3.55. The molecule has 1 aromatic rings. The predicted molar refractivity (Wildman–Crippen MR) is 85.6 cm³/mol. The van der Waals surface area contributed by atoms with Gasteiger partial charge in [0.1, 0.15) is 6.10 Å². The lowest BCUT2D eigenvalue weighted by molar-refractivity contribution is 0.00210. The molecule has 1 atom stereocenters. The summed E-state index contributed by atoms with van der Waals surface area (Å²) in [5.41, 5.74) is 1.70. The zero-order valence-corrected chi connectivity index (χ0v) is 13.7.